The average molecular weight is 369 g/mol. The summed E-state index contributed by atoms with van der Waals surface area (Å²) in [6.45, 7) is 4.89. The molecule has 1 saturated heterocycles. The van der Waals surface area contributed by atoms with Gasteiger partial charge in [-0.2, -0.15) is 0 Å². The lowest BCUT2D eigenvalue weighted by atomic mass is 9.97. The Hall–Kier alpha value is -3.60. The van der Waals surface area contributed by atoms with Crippen molar-refractivity contribution in [1.29, 1.82) is 0 Å². The van der Waals surface area contributed by atoms with Crippen LogP contribution >= 0.6 is 0 Å². The van der Waals surface area contributed by atoms with E-state index >= 15 is 0 Å². The second-order valence-electron chi connectivity index (χ2n) is 7.21. The zero-order valence-electron chi connectivity index (χ0n) is 15.2. The zero-order chi connectivity index (χ0) is 19.3. The molecule has 0 aliphatic carbocycles. The minimum atomic E-state index is -0.0296. The molecule has 1 amide bonds. The van der Waals surface area contributed by atoms with Crippen LogP contribution < -0.4 is 0 Å². The van der Waals surface area contributed by atoms with Crippen molar-refractivity contribution in [3.8, 4) is 16.9 Å². The Labute approximate surface area is 162 Å². The Morgan fingerprint density at radius 3 is 2.82 bits per heavy atom. The molecule has 0 atom stereocenters. The highest BCUT2D eigenvalue weighted by Gasteiger charge is 2.32. The maximum Gasteiger partial charge on any atom is 0.245 e. The molecule has 1 N–H and O–H groups in total. The molecule has 0 bridgehead atoms. The van der Waals surface area contributed by atoms with Crippen LogP contribution in [-0.2, 0) is 4.79 Å². The average Bonchev–Trinajstić information content (AvgIpc) is 3.08. The topological polar surface area (TPSA) is 57.8 Å². The maximum absolute atomic E-state index is 11.6. The van der Waals surface area contributed by atoms with Crippen LogP contribution in [-0.4, -0.2) is 38.4 Å². The van der Waals surface area contributed by atoms with Gasteiger partial charge in [0.15, 0.2) is 0 Å². The van der Waals surface area contributed by atoms with E-state index in [2.05, 4.69) is 12.6 Å². The Balaban J connectivity index is 1.52. The van der Waals surface area contributed by atoms with Crippen LogP contribution in [0.1, 0.15) is 11.6 Å². The highest BCUT2D eigenvalue weighted by molar-refractivity contribution is 5.98. The molecule has 3 heterocycles. The van der Waals surface area contributed by atoms with Crippen LogP contribution in [0.4, 0.5) is 0 Å². The second-order valence-corrected chi connectivity index (χ2v) is 7.21. The first kappa shape index (κ1) is 16.6. The SMILES string of the molecule is C=CC(=O)N1CC(c2cn3ccc(-c4cc(O)cc5ccccc45)cc3n2)C1. The highest BCUT2D eigenvalue weighted by Crippen LogP contribution is 2.33. The molecule has 1 aliphatic rings. The molecule has 5 rings (SSSR count). The van der Waals surface area contributed by atoms with Gasteiger partial charge in [-0.05, 0) is 52.2 Å². The Kier molecular flexibility index (Phi) is 3.69. The number of rotatable bonds is 3. The lowest BCUT2D eigenvalue weighted by molar-refractivity contribution is -0.130. The van der Waals surface area contributed by atoms with Crippen molar-refractivity contribution in [2.45, 2.75) is 5.92 Å². The number of fused-ring (bicyclic) bond motifs is 2. The van der Waals surface area contributed by atoms with Crippen LogP contribution in [0.2, 0.25) is 0 Å². The van der Waals surface area contributed by atoms with Gasteiger partial charge in [0, 0.05) is 31.4 Å². The van der Waals surface area contributed by atoms with Gasteiger partial charge >= 0.3 is 0 Å². The number of likely N-dealkylation sites (tertiary alicyclic amines) is 1. The van der Waals surface area contributed by atoms with Crippen molar-refractivity contribution in [2.24, 2.45) is 0 Å². The summed E-state index contributed by atoms with van der Waals surface area (Å²) in [4.78, 5) is 18.2. The fraction of sp³-hybridized carbons (Fsp3) is 0.130. The van der Waals surface area contributed by atoms with E-state index in [9.17, 15) is 9.90 Å². The first-order chi connectivity index (χ1) is 13.6. The van der Waals surface area contributed by atoms with Crippen LogP contribution in [0.15, 0.2) is 73.6 Å². The number of carbonyl (C=O) groups is 1. The fourth-order valence-corrected chi connectivity index (χ4v) is 3.87. The van der Waals surface area contributed by atoms with Crippen LogP contribution in [0.25, 0.3) is 27.5 Å². The molecule has 138 valence electrons. The minimum Gasteiger partial charge on any atom is -0.508 e. The molecule has 0 spiro atoms. The number of phenols is 1. The van der Waals surface area contributed by atoms with E-state index in [4.69, 9.17) is 4.98 Å². The van der Waals surface area contributed by atoms with Crippen molar-refractivity contribution in [1.82, 2.24) is 14.3 Å². The molecule has 4 aromatic rings. The third-order valence-corrected chi connectivity index (χ3v) is 5.42. The van der Waals surface area contributed by atoms with E-state index in [1.165, 1.54) is 6.08 Å². The van der Waals surface area contributed by atoms with E-state index in [-0.39, 0.29) is 17.6 Å². The third kappa shape index (κ3) is 2.63. The first-order valence-corrected chi connectivity index (χ1v) is 9.24. The van der Waals surface area contributed by atoms with Crippen molar-refractivity contribution < 1.29 is 9.90 Å². The van der Waals surface area contributed by atoms with Gasteiger partial charge in [-0.3, -0.25) is 4.79 Å². The van der Waals surface area contributed by atoms with Crippen molar-refractivity contribution in [3.63, 3.8) is 0 Å². The molecule has 28 heavy (non-hydrogen) atoms. The number of amides is 1. The molecular weight excluding hydrogens is 350 g/mol. The number of benzene rings is 2. The number of pyridine rings is 1. The summed E-state index contributed by atoms with van der Waals surface area (Å²) in [5.74, 6) is 0.478. The van der Waals surface area contributed by atoms with Crippen LogP contribution in [0.5, 0.6) is 5.75 Å². The Morgan fingerprint density at radius 1 is 1.18 bits per heavy atom. The molecule has 0 unspecified atom stereocenters. The van der Waals surface area contributed by atoms with E-state index in [1.54, 1.807) is 17.0 Å². The number of hydrogen-bond donors (Lipinski definition) is 1. The van der Waals surface area contributed by atoms with Crippen molar-refractivity contribution in [3.05, 3.63) is 79.3 Å². The zero-order valence-corrected chi connectivity index (χ0v) is 15.2. The highest BCUT2D eigenvalue weighted by atomic mass is 16.3. The Bertz CT molecular complexity index is 1240. The summed E-state index contributed by atoms with van der Waals surface area (Å²) in [6.07, 6.45) is 5.37. The Morgan fingerprint density at radius 2 is 2.00 bits per heavy atom. The molecule has 0 radical (unpaired) electrons. The van der Waals surface area contributed by atoms with Crippen LogP contribution in [0, 0.1) is 0 Å². The molecule has 1 fully saturated rings. The van der Waals surface area contributed by atoms with Gasteiger partial charge in [0.1, 0.15) is 11.4 Å². The molecule has 5 nitrogen and oxygen atoms in total. The van der Waals surface area contributed by atoms with Gasteiger partial charge in [0.25, 0.3) is 0 Å². The van der Waals surface area contributed by atoms with E-state index in [1.807, 2.05) is 47.1 Å². The molecule has 2 aromatic heterocycles. The van der Waals surface area contributed by atoms with Crippen LogP contribution in [0.3, 0.4) is 0 Å². The monoisotopic (exact) mass is 369 g/mol. The van der Waals surface area contributed by atoms with Gasteiger partial charge in [-0.1, -0.05) is 30.8 Å². The van der Waals surface area contributed by atoms with Gasteiger partial charge < -0.3 is 14.4 Å². The van der Waals surface area contributed by atoms with Crippen molar-refractivity contribution >= 4 is 22.3 Å². The predicted octanol–water partition coefficient (Wildman–Crippen LogP) is 3.97. The van der Waals surface area contributed by atoms with Gasteiger partial charge in [-0.25, -0.2) is 4.98 Å². The molecule has 2 aromatic carbocycles. The lowest BCUT2D eigenvalue weighted by Crippen LogP contribution is -2.47. The number of aromatic nitrogens is 2. The number of hydrogen-bond acceptors (Lipinski definition) is 3. The number of aromatic hydroxyl groups is 1. The first-order valence-electron chi connectivity index (χ1n) is 9.24. The summed E-state index contributed by atoms with van der Waals surface area (Å²) in [6, 6.07) is 15.7. The van der Waals surface area contributed by atoms with Gasteiger partial charge in [0.2, 0.25) is 5.91 Å². The fourth-order valence-electron chi connectivity index (χ4n) is 3.87. The van der Waals surface area contributed by atoms with Crippen molar-refractivity contribution in [2.75, 3.05) is 13.1 Å². The number of carbonyl (C=O) groups excluding carboxylic acids is 1. The molecule has 1 aliphatic heterocycles. The maximum atomic E-state index is 11.6. The van der Waals surface area contributed by atoms with E-state index in [0.29, 0.717) is 13.1 Å². The number of phenolic OH excluding ortho intramolecular Hbond substituents is 1. The quantitative estimate of drug-likeness (QED) is 0.556. The molecular formula is C23H19N3O2. The van der Waals surface area contributed by atoms with E-state index < -0.39 is 0 Å². The normalized spacial score (nSPS) is 14.4. The number of imidazole rings is 1. The minimum absolute atomic E-state index is 0.0296. The molecule has 5 heteroatoms. The number of nitrogens with zero attached hydrogens (tertiary/aromatic N) is 3. The summed E-state index contributed by atoms with van der Waals surface area (Å²) < 4.78 is 2.00. The largest absolute Gasteiger partial charge is 0.508 e. The smallest absolute Gasteiger partial charge is 0.245 e. The second kappa shape index (κ2) is 6.23. The van der Waals surface area contributed by atoms with E-state index in [0.717, 1.165) is 33.2 Å². The predicted molar refractivity (Wildman–Crippen MR) is 109 cm³/mol. The summed E-state index contributed by atoms with van der Waals surface area (Å²) >= 11 is 0. The standard InChI is InChI=1S/C23H19N3O2/c1-2-23(28)26-12-17(13-26)21-14-25-8-7-16(10-22(25)24-21)20-11-18(27)9-15-5-3-4-6-19(15)20/h2-11,14,17,27H,1,12-13H2. The van der Waals surface area contributed by atoms with Gasteiger partial charge in [0.05, 0.1) is 5.69 Å². The molecule has 0 saturated carbocycles. The van der Waals surface area contributed by atoms with Gasteiger partial charge in [-0.15, -0.1) is 0 Å². The summed E-state index contributed by atoms with van der Waals surface area (Å²) in [7, 11) is 0. The lowest BCUT2D eigenvalue weighted by Gasteiger charge is -2.37. The summed E-state index contributed by atoms with van der Waals surface area (Å²) in [5.41, 5.74) is 3.84. The third-order valence-electron chi connectivity index (χ3n) is 5.42. The summed E-state index contributed by atoms with van der Waals surface area (Å²) in [5, 5.41) is 12.2.